The summed E-state index contributed by atoms with van der Waals surface area (Å²) in [5.41, 5.74) is 1.89. The molecular formula is C50H52F2N10O6. The number of halogens is 2. The van der Waals surface area contributed by atoms with Gasteiger partial charge in [-0.1, -0.05) is 18.1 Å². The summed E-state index contributed by atoms with van der Waals surface area (Å²) in [4.78, 5) is 64.9. The fourth-order valence-electron chi connectivity index (χ4n) is 11.4. The monoisotopic (exact) mass is 926 g/mol. The number of nitrogens with zero attached hydrogens (tertiary/aromatic N) is 9. The molecule has 4 atom stereocenters. The number of H-pyrrole nitrogens is 1. The number of benzene rings is 3. The van der Waals surface area contributed by atoms with E-state index in [1.807, 2.05) is 30.5 Å². The van der Waals surface area contributed by atoms with Crippen molar-refractivity contribution in [2.75, 3.05) is 23.0 Å². The van der Waals surface area contributed by atoms with Gasteiger partial charge in [0.2, 0.25) is 0 Å². The molecule has 3 fully saturated rings. The van der Waals surface area contributed by atoms with Crippen LogP contribution < -0.4 is 15.6 Å². The Labute approximate surface area is 389 Å². The molecule has 4 aliphatic rings. The van der Waals surface area contributed by atoms with Gasteiger partial charge in [-0.3, -0.25) is 28.7 Å². The molecule has 16 nitrogen and oxygen atoms in total. The van der Waals surface area contributed by atoms with E-state index in [1.165, 1.54) is 21.6 Å². The maximum Gasteiger partial charge on any atom is 0.438 e. The minimum Gasteiger partial charge on any atom is -0.376 e. The van der Waals surface area contributed by atoms with E-state index in [4.69, 9.17) is 14.4 Å². The first-order chi connectivity index (χ1) is 32.2. The maximum atomic E-state index is 16.5. The second-order valence-electron chi connectivity index (χ2n) is 20.3. The van der Waals surface area contributed by atoms with E-state index in [0.717, 1.165) is 39.1 Å². The van der Waals surface area contributed by atoms with Gasteiger partial charge in [0.15, 0.2) is 17.5 Å². The molecule has 68 heavy (non-hydrogen) atoms. The highest BCUT2D eigenvalue weighted by atomic mass is 19.1. The number of hydrogen-bond donors (Lipinski definition) is 1. The van der Waals surface area contributed by atoms with Crippen molar-refractivity contribution >= 4 is 51.2 Å². The molecule has 7 aromatic rings. The van der Waals surface area contributed by atoms with E-state index in [9.17, 15) is 9.59 Å². The van der Waals surface area contributed by atoms with Crippen molar-refractivity contribution in [2.45, 2.75) is 110 Å². The summed E-state index contributed by atoms with van der Waals surface area (Å²) in [5.74, 6) is -2.23. The number of amides is 4. The Hall–Kier alpha value is -6.95. The molecule has 1 saturated carbocycles. The number of urea groups is 1. The molecule has 352 valence electrons. The number of fused-ring (bicyclic) bond motifs is 3. The summed E-state index contributed by atoms with van der Waals surface area (Å²) in [7, 11) is 1.68. The van der Waals surface area contributed by atoms with Crippen LogP contribution in [0.15, 0.2) is 64.0 Å². The standard InChI is InChI=1S/C50H52F2N10O6/c1-25-18-32(19-26(2)40(25)51)62-42(59-45(64)49(7,8)61(47(59)66)37-13-12-36-33(41(37)52)24-53-57(36)9)39-28(4)58(16-14-34(39)55-62)43(63)38-21-31-20-29(30-15-17-67-48(5,6)23-30)10-11-35(31)60(38)50(22-27(50)3)44-54-46(65)68-56-44/h10-13,18-21,24,27-28,30H,14-17,22-23H2,1-9H3,(H,54,56,65)/t27-,28-,30-,50-/m0/s1. The lowest BCUT2D eigenvalue weighted by Gasteiger charge is -2.35. The second-order valence-corrected chi connectivity index (χ2v) is 20.3. The normalized spacial score (nSPS) is 23.3. The zero-order valence-electron chi connectivity index (χ0n) is 39.4. The van der Waals surface area contributed by atoms with Gasteiger partial charge < -0.3 is 14.2 Å². The summed E-state index contributed by atoms with van der Waals surface area (Å²) in [6.45, 7) is 15.3. The molecule has 1 aliphatic carbocycles. The van der Waals surface area contributed by atoms with Gasteiger partial charge in [0, 0.05) is 43.1 Å². The van der Waals surface area contributed by atoms with Crippen LogP contribution in [0.2, 0.25) is 0 Å². The summed E-state index contributed by atoms with van der Waals surface area (Å²) in [6.07, 6.45) is 3.87. The Morgan fingerprint density at radius 2 is 1.65 bits per heavy atom. The molecule has 7 heterocycles. The summed E-state index contributed by atoms with van der Waals surface area (Å²) >= 11 is 0. The molecule has 3 aromatic carbocycles. The van der Waals surface area contributed by atoms with Crippen LogP contribution in [0.4, 0.5) is 25.1 Å². The first kappa shape index (κ1) is 43.6. The number of anilines is 2. The SMILES string of the molecule is Cc1cc(-n2nc3c(c2N2C(=O)N(c4ccc5c(cnn5C)c4F)C(C)(C)C2=O)[C@H](C)N(C(=O)c2cc4cc([C@H]5CCOC(C)(C)C5)ccc4n2[C@@]2(c4noc(=O)[nH]4)C[C@@H]2C)CC3)cc(C)c1F. The minimum atomic E-state index is -1.60. The van der Waals surface area contributed by atoms with Gasteiger partial charge in [0.05, 0.1) is 45.8 Å². The Kier molecular flexibility index (Phi) is 9.47. The summed E-state index contributed by atoms with van der Waals surface area (Å²) < 4.78 is 47.8. The van der Waals surface area contributed by atoms with Crippen molar-refractivity contribution in [3.63, 3.8) is 0 Å². The van der Waals surface area contributed by atoms with Crippen LogP contribution in [0.1, 0.15) is 117 Å². The van der Waals surface area contributed by atoms with Crippen LogP contribution in [0.5, 0.6) is 0 Å². The fourth-order valence-corrected chi connectivity index (χ4v) is 11.4. The number of aryl methyl sites for hydroxylation is 3. The smallest absolute Gasteiger partial charge is 0.376 e. The maximum absolute atomic E-state index is 16.5. The van der Waals surface area contributed by atoms with Gasteiger partial charge in [-0.2, -0.15) is 10.2 Å². The fraction of sp³-hybridized carbons (Fsp3) is 0.420. The molecule has 2 saturated heterocycles. The topological polar surface area (TPSA) is 170 Å². The van der Waals surface area contributed by atoms with Gasteiger partial charge in [-0.15, -0.1) is 0 Å². The average molecular weight is 927 g/mol. The quantitative estimate of drug-likeness (QED) is 0.155. The van der Waals surface area contributed by atoms with Crippen LogP contribution in [-0.4, -0.2) is 81.3 Å². The van der Waals surface area contributed by atoms with Gasteiger partial charge >= 0.3 is 11.8 Å². The Bertz CT molecular complexity index is 3350. The number of carbonyl (C=O) groups excluding carboxylic acids is 3. The molecule has 4 aromatic heterocycles. The highest BCUT2D eigenvalue weighted by Crippen LogP contribution is 2.56. The van der Waals surface area contributed by atoms with Crippen molar-refractivity contribution in [2.24, 2.45) is 13.0 Å². The van der Waals surface area contributed by atoms with Crippen LogP contribution in [-0.2, 0) is 28.5 Å². The lowest BCUT2D eigenvalue weighted by Crippen LogP contribution is -2.45. The van der Waals surface area contributed by atoms with E-state index in [-0.39, 0.29) is 53.2 Å². The Morgan fingerprint density at radius 1 is 0.926 bits per heavy atom. The summed E-state index contributed by atoms with van der Waals surface area (Å²) in [5, 5.41) is 14.4. The van der Waals surface area contributed by atoms with Gasteiger partial charge in [0.1, 0.15) is 22.6 Å². The lowest BCUT2D eigenvalue weighted by atomic mass is 9.83. The van der Waals surface area contributed by atoms with Gasteiger partial charge in [-0.05, 0) is 139 Å². The molecule has 3 aliphatic heterocycles. The number of ether oxygens (including phenoxy) is 1. The van der Waals surface area contributed by atoms with Gasteiger partial charge in [0.25, 0.3) is 11.8 Å². The number of imide groups is 1. The van der Waals surface area contributed by atoms with E-state index >= 15 is 18.4 Å². The van der Waals surface area contributed by atoms with Crippen LogP contribution in [0, 0.1) is 31.4 Å². The second kappa shape index (κ2) is 14.8. The molecule has 11 rings (SSSR count). The number of hydrogen-bond acceptors (Lipinski definition) is 9. The van der Waals surface area contributed by atoms with Gasteiger partial charge in [-0.25, -0.2) is 28.0 Å². The number of nitrogens with one attached hydrogen (secondary N) is 1. The molecule has 18 heteroatoms. The average Bonchev–Trinajstić information content (AvgIpc) is 3.84. The van der Waals surface area contributed by atoms with Crippen LogP contribution >= 0.6 is 0 Å². The van der Waals surface area contributed by atoms with Crippen LogP contribution in [0.25, 0.3) is 27.5 Å². The molecular weight excluding hydrogens is 875 g/mol. The first-order valence-electron chi connectivity index (χ1n) is 23.1. The summed E-state index contributed by atoms with van der Waals surface area (Å²) in [6, 6.07) is 12.9. The molecule has 0 spiro atoms. The molecule has 4 amide bonds. The predicted octanol–water partition coefficient (Wildman–Crippen LogP) is 8.25. The third-order valence-corrected chi connectivity index (χ3v) is 15.1. The molecule has 0 unspecified atom stereocenters. The van der Waals surface area contributed by atoms with Crippen molar-refractivity contribution in [3.05, 3.63) is 116 Å². The lowest BCUT2D eigenvalue weighted by molar-refractivity contribution is -0.120. The third kappa shape index (κ3) is 6.21. The molecule has 1 N–H and O–H groups in total. The van der Waals surface area contributed by atoms with E-state index in [2.05, 4.69) is 41.2 Å². The van der Waals surface area contributed by atoms with E-state index in [1.54, 1.807) is 57.8 Å². The highest BCUT2D eigenvalue weighted by Gasteiger charge is 2.60. The molecule has 0 bridgehead atoms. The Balaban J connectivity index is 1.06. The first-order valence-corrected chi connectivity index (χ1v) is 23.1. The zero-order chi connectivity index (χ0) is 48.1. The van der Waals surface area contributed by atoms with Crippen molar-refractivity contribution in [1.29, 1.82) is 0 Å². The highest BCUT2D eigenvalue weighted by molar-refractivity contribution is 6.30. The Morgan fingerprint density at radius 3 is 2.32 bits per heavy atom. The predicted molar refractivity (Wildman–Crippen MR) is 248 cm³/mol. The van der Waals surface area contributed by atoms with Crippen molar-refractivity contribution < 1.29 is 32.4 Å². The molecule has 0 radical (unpaired) electrons. The van der Waals surface area contributed by atoms with Crippen molar-refractivity contribution in [1.82, 2.24) is 39.2 Å². The number of carbonyl (C=O) groups is 3. The third-order valence-electron chi connectivity index (χ3n) is 15.1. The number of aromatic amines is 1. The number of rotatable bonds is 7. The van der Waals surface area contributed by atoms with Crippen LogP contribution in [0.3, 0.4) is 0 Å². The van der Waals surface area contributed by atoms with E-state index in [0.29, 0.717) is 58.1 Å². The van der Waals surface area contributed by atoms with Crippen molar-refractivity contribution in [3.8, 4) is 5.69 Å². The zero-order valence-corrected chi connectivity index (χ0v) is 39.4. The number of aromatic nitrogens is 7. The minimum absolute atomic E-state index is 0.0404. The largest absolute Gasteiger partial charge is 0.438 e. The van der Waals surface area contributed by atoms with E-state index < -0.39 is 46.4 Å².